The van der Waals surface area contributed by atoms with Crippen LogP contribution >= 0.6 is 0 Å². The van der Waals surface area contributed by atoms with E-state index in [9.17, 15) is 75.0 Å². The number of ether oxygens (including phenoxy) is 2. The van der Waals surface area contributed by atoms with Crippen LogP contribution in [0.5, 0.6) is 5.75 Å². The minimum absolute atomic E-state index is 0.0651. The Hall–Kier alpha value is -2.63. The first-order chi connectivity index (χ1) is 21.3. The average molecular weight is 735 g/mol. The third-order valence-electron chi connectivity index (χ3n) is 8.67. The second-order valence-electron chi connectivity index (χ2n) is 12.2. The highest BCUT2D eigenvalue weighted by Crippen LogP contribution is 2.63. The van der Waals surface area contributed by atoms with Crippen LogP contribution in [0.15, 0.2) is 24.3 Å². The van der Waals surface area contributed by atoms with E-state index in [4.69, 9.17) is 4.74 Å². The maximum Gasteiger partial charge on any atom is 0.460 e. The lowest BCUT2D eigenvalue weighted by Gasteiger charge is -2.41. The maximum atomic E-state index is 14.1. The molecule has 48 heavy (non-hydrogen) atoms. The number of hydrogen-bond acceptors (Lipinski definition) is 3. The van der Waals surface area contributed by atoms with Crippen molar-refractivity contribution in [3.8, 4) is 5.75 Å². The fourth-order valence-corrected chi connectivity index (χ4v) is 4.37. The minimum atomic E-state index is -8.53. The molecule has 0 aliphatic rings. The summed E-state index contributed by atoms with van der Waals surface area (Å²) in [6.45, 7) is 11.1. The van der Waals surface area contributed by atoms with Crippen molar-refractivity contribution < 1.29 is 84.5 Å². The number of carbonyl (C=O) groups excluding carboxylic acids is 1. The van der Waals surface area contributed by atoms with Crippen LogP contribution in [0, 0.1) is 16.7 Å². The van der Waals surface area contributed by atoms with Crippen LogP contribution in [0.4, 0.5) is 70.2 Å². The molecule has 1 aromatic rings. The Balaban J connectivity index is 3.11. The zero-order valence-electron chi connectivity index (χ0n) is 26.3. The van der Waals surface area contributed by atoms with E-state index in [-0.39, 0.29) is 29.9 Å². The number of hydrogen-bond donors (Lipinski definition) is 0. The van der Waals surface area contributed by atoms with Crippen LogP contribution in [-0.4, -0.2) is 60.6 Å². The molecule has 0 bridgehead atoms. The second kappa shape index (κ2) is 13.9. The summed E-state index contributed by atoms with van der Waals surface area (Å²) < 4.78 is 224. The molecule has 280 valence electrons. The quantitative estimate of drug-likeness (QED) is 0.118. The van der Waals surface area contributed by atoms with Gasteiger partial charge in [-0.25, -0.2) is 0 Å². The predicted octanol–water partition coefficient (Wildman–Crippen LogP) is 10.7. The molecule has 0 N–H and O–H groups in total. The molecule has 2 atom stereocenters. The van der Waals surface area contributed by atoms with Crippen molar-refractivity contribution in [3.05, 3.63) is 29.8 Å². The number of halogens is 16. The highest BCUT2D eigenvalue weighted by atomic mass is 19.4. The monoisotopic (exact) mass is 734 g/mol. The van der Waals surface area contributed by atoms with Gasteiger partial charge in [0.15, 0.2) is 0 Å². The molecule has 3 nitrogen and oxygen atoms in total. The van der Waals surface area contributed by atoms with Crippen LogP contribution in [-0.2, 0) is 16.0 Å². The summed E-state index contributed by atoms with van der Waals surface area (Å²) in [5.74, 6) is -50.6. The fourth-order valence-electron chi connectivity index (χ4n) is 4.37. The van der Waals surface area contributed by atoms with Gasteiger partial charge in [0.05, 0.1) is 12.0 Å². The Labute approximate surface area is 265 Å². The largest absolute Gasteiger partial charge is 0.465 e. The van der Waals surface area contributed by atoms with Gasteiger partial charge < -0.3 is 9.47 Å². The summed E-state index contributed by atoms with van der Waals surface area (Å²) in [4.78, 5) is 13.0. The van der Waals surface area contributed by atoms with E-state index < -0.39 is 65.2 Å². The normalized spacial score (nSPS) is 16.5. The number of rotatable bonds is 17. The van der Waals surface area contributed by atoms with Gasteiger partial charge in [0.25, 0.3) is 0 Å². The minimum Gasteiger partial charge on any atom is -0.465 e. The molecule has 0 heterocycles. The summed E-state index contributed by atoms with van der Waals surface area (Å²) in [5, 5.41) is 0. The lowest BCUT2D eigenvalue weighted by Crippen LogP contribution is -2.73. The lowest BCUT2D eigenvalue weighted by molar-refractivity contribution is -0.457. The Morgan fingerprint density at radius 1 is 0.688 bits per heavy atom. The first-order valence-electron chi connectivity index (χ1n) is 14.2. The van der Waals surface area contributed by atoms with Crippen LogP contribution in [0.3, 0.4) is 0 Å². The van der Waals surface area contributed by atoms with Gasteiger partial charge in [-0.1, -0.05) is 59.6 Å². The molecule has 0 spiro atoms. The summed E-state index contributed by atoms with van der Waals surface area (Å²) in [7, 11) is 0. The van der Waals surface area contributed by atoms with Crippen molar-refractivity contribution in [2.45, 2.75) is 115 Å². The highest BCUT2D eigenvalue weighted by Gasteiger charge is 2.94. The van der Waals surface area contributed by atoms with Crippen LogP contribution in [0.1, 0.15) is 66.4 Å². The smallest absolute Gasteiger partial charge is 0.460 e. The SMILES string of the molecule is CCC(C)(CC)CC(C)(C(=O)OCCc1ccc(OC(F)C(F)(F)C(F)(F)C(F)(F)C(F)(F)C(F)(F)C(F)(F)C(F)(F)F)cc1)C(C)C. The summed E-state index contributed by atoms with van der Waals surface area (Å²) in [6.07, 6.45) is -10.8. The van der Waals surface area contributed by atoms with E-state index in [1.165, 1.54) is 0 Å². The molecular formula is C29H34F16O3. The number of carbonyl (C=O) groups is 1. The topological polar surface area (TPSA) is 35.5 Å². The zero-order chi connectivity index (χ0) is 38.2. The van der Waals surface area contributed by atoms with Crippen molar-refractivity contribution in [3.63, 3.8) is 0 Å². The molecule has 1 aromatic carbocycles. The molecule has 19 heteroatoms. The van der Waals surface area contributed by atoms with Gasteiger partial charge in [-0.3, -0.25) is 4.79 Å². The number of esters is 1. The average Bonchev–Trinajstić information content (AvgIpc) is 2.96. The van der Waals surface area contributed by atoms with Crippen molar-refractivity contribution >= 4 is 5.97 Å². The predicted molar refractivity (Wildman–Crippen MR) is 139 cm³/mol. The molecule has 0 aliphatic heterocycles. The Kier molecular flexibility index (Phi) is 12.6. The van der Waals surface area contributed by atoms with Crippen LogP contribution in [0.2, 0.25) is 0 Å². The van der Waals surface area contributed by atoms with Gasteiger partial charge in [-0.05, 0) is 42.4 Å². The molecule has 2 unspecified atom stereocenters. The second-order valence-corrected chi connectivity index (χ2v) is 12.2. The third-order valence-corrected chi connectivity index (χ3v) is 8.67. The Morgan fingerprint density at radius 3 is 1.50 bits per heavy atom. The summed E-state index contributed by atoms with van der Waals surface area (Å²) in [6, 6.07) is 3.08. The molecular weight excluding hydrogens is 700 g/mol. The number of alkyl halides is 16. The molecule has 0 aromatic heterocycles. The zero-order valence-corrected chi connectivity index (χ0v) is 26.3. The fraction of sp³-hybridized carbons (Fsp3) is 0.759. The van der Waals surface area contributed by atoms with E-state index in [1.54, 1.807) is 6.92 Å². The van der Waals surface area contributed by atoms with Gasteiger partial charge in [0, 0.05) is 6.42 Å². The van der Waals surface area contributed by atoms with Gasteiger partial charge in [0.2, 0.25) is 0 Å². The van der Waals surface area contributed by atoms with Crippen molar-refractivity contribution in [2.24, 2.45) is 16.7 Å². The summed E-state index contributed by atoms with van der Waals surface area (Å²) >= 11 is 0. The maximum absolute atomic E-state index is 14.1. The van der Waals surface area contributed by atoms with Crippen LogP contribution < -0.4 is 4.74 Å². The van der Waals surface area contributed by atoms with Crippen LogP contribution in [0.25, 0.3) is 0 Å². The van der Waals surface area contributed by atoms with E-state index in [0.717, 1.165) is 25.0 Å². The molecule has 0 aliphatic carbocycles. The van der Waals surface area contributed by atoms with E-state index >= 15 is 0 Å². The first-order valence-corrected chi connectivity index (χ1v) is 14.2. The first kappa shape index (κ1) is 43.4. The summed E-state index contributed by atoms with van der Waals surface area (Å²) in [5.41, 5.74) is -0.843. The molecule has 0 fully saturated rings. The highest BCUT2D eigenvalue weighted by molar-refractivity contribution is 5.76. The van der Waals surface area contributed by atoms with Gasteiger partial charge in [-0.15, -0.1) is 0 Å². The molecule has 0 saturated carbocycles. The van der Waals surface area contributed by atoms with Crippen molar-refractivity contribution in [1.82, 2.24) is 0 Å². The molecule has 0 amide bonds. The van der Waals surface area contributed by atoms with Gasteiger partial charge in [0.1, 0.15) is 5.75 Å². The van der Waals surface area contributed by atoms with Crippen molar-refractivity contribution in [1.29, 1.82) is 0 Å². The van der Waals surface area contributed by atoms with Gasteiger partial charge in [-0.2, -0.15) is 70.2 Å². The molecule has 1 rings (SSSR count). The van der Waals surface area contributed by atoms with Crippen molar-refractivity contribution in [2.75, 3.05) is 6.61 Å². The van der Waals surface area contributed by atoms with E-state index in [0.29, 0.717) is 18.6 Å². The van der Waals surface area contributed by atoms with E-state index in [2.05, 4.69) is 4.74 Å². The molecule has 0 radical (unpaired) electrons. The van der Waals surface area contributed by atoms with E-state index in [1.807, 2.05) is 34.6 Å². The lowest BCUT2D eigenvalue weighted by atomic mass is 9.65. The molecule has 0 saturated heterocycles. The standard InChI is InChI=1S/C29H34F16O3/c1-7-21(5,8-2)15-22(6,16(3)4)20(46)47-14-13-17-9-11-18(12-10-17)48-19(30)23(31,32)24(33,34)25(35,36)26(37,38)27(39,40)28(41,42)29(43,44)45/h9-12,16,19H,7-8,13-15H2,1-6H3. The third kappa shape index (κ3) is 7.58. The number of benzene rings is 1. The van der Waals surface area contributed by atoms with Gasteiger partial charge >= 0.3 is 54.0 Å². The Bertz CT molecular complexity index is 1220. The Morgan fingerprint density at radius 2 is 1.10 bits per heavy atom.